The van der Waals surface area contributed by atoms with E-state index in [0.717, 1.165) is 29.7 Å². The van der Waals surface area contributed by atoms with Gasteiger partial charge in [-0.25, -0.2) is 0 Å². The average Bonchev–Trinajstić information content (AvgIpc) is 2.61. The minimum atomic E-state index is 0.211. The van der Waals surface area contributed by atoms with Gasteiger partial charge in [0.2, 0.25) is 0 Å². The molecule has 2 atom stereocenters. The maximum Gasteiger partial charge on any atom is 0.0674 e. The van der Waals surface area contributed by atoms with E-state index >= 15 is 0 Å². The van der Waals surface area contributed by atoms with Crippen LogP contribution in [0.2, 0.25) is 0 Å². The highest BCUT2D eigenvalue weighted by Gasteiger charge is 2.33. The number of pyridine rings is 1. The average molecular weight is 298 g/mol. The quantitative estimate of drug-likeness (QED) is 0.932. The van der Waals surface area contributed by atoms with E-state index in [1.807, 2.05) is 12.3 Å². The predicted octanol–water partition coefficient (Wildman–Crippen LogP) is 2.57. The summed E-state index contributed by atoms with van der Waals surface area (Å²) in [5, 5.41) is 0. The van der Waals surface area contributed by atoms with Crippen LogP contribution in [0.1, 0.15) is 32.0 Å². The molecule has 1 aliphatic rings. The topological polar surface area (TPSA) is 42.1 Å². The fourth-order valence-corrected chi connectivity index (χ4v) is 2.76. The number of halogens is 1. The Morgan fingerprint density at radius 3 is 2.88 bits per heavy atom. The number of hydrogen-bond acceptors (Lipinski definition) is 3. The normalized spacial score (nSPS) is 25.7. The first kappa shape index (κ1) is 13.0. The van der Waals surface area contributed by atoms with Gasteiger partial charge in [0.05, 0.1) is 11.7 Å². The molecule has 1 fully saturated rings. The van der Waals surface area contributed by atoms with Gasteiger partial charge in [0, 0.05) is 29.8 Å². The molecule has 17 heavy (non-hydrogen) atoms. The van der Waals surface area contributed by atoms with Crippen molar-refractivity contribution in [3.8, 4) is 0 Å². The van der Waals surface area contributed by atoms with Gasteiger partial charge in [0.25, 0.3) is 0 Å². The lowest BCUT2D eigenvalue weighted by Gasteiger charge is -2.27. The molecule has 2 unspecified atom stereocenters. The van der Waals surface area contributed by atoms with Crippen molar-refractivity contribution in [2.75, 3.05) is 13.1 Å². The second-order valence-corrected chi connectivity index (χ2v) is 6.10. The minimum Gasteiger partial charge on any atom is -0.326 e. The maximum absolute atomic E-state index is 6.22. The second kappa shape index (κ2) is 5.46. The van der Waals surface area contributed by atoms with E-state index in [2.05, 4.69) is 45.7 Å². The Morgan fingerprint density at radius 2 is 2.29 bits per heavy atom. The van der Waals surface area contributed by atoms with E-state index in [1.165, 1.54) is 0 Å². The lowest BCUT2D eigenvalue weighted by Crippen LogP contribution is -2.34. The first-order valence-corrected chi connectivity index (χ1v) is 6.98. The summed E-state index contributed by atoms with van der Waals surface area (Å²) < 4.78 is 1.02. The number of aromatic nitrogens is 1. The number of nitrogens with zero attached hydrogens (tertiary/aromatic N) is 2. The molecule has 0 aliphatic carbocycles. The Kier molecular flexibility index (Phi) is 4.17. The highest BCUT2D eigenvalue weighted by atomic mass is 79.9. The first-order valence-electron chi connectivity index (χ1n) is 6.19. The van der Waals surface area contributed by atoms with Crippen molar-refractivity contribution in [2.45, 2.75) is 32.4 Å². The summed E-state index contributed by atoms with van der Waals surface area (Å²) in [5.74, 6) is 0.665. The Morgan fingerprint density at radius 1 is 1.53 bits per heavy atom. The summed E-state index contributed by atoms with van der Waals surface area (Å²) in [7, 11) is 0. The molecule has 2 N–H and O–H groups in total. The number of rotatable bonds is 3. The molecule has 0 spiro atoms. The van der Waals surface area contributed by atoms with Crippen molar-refractivity contribution < 1.29 is 0 Å². The Bertz CT molecular complexity index is 363. The van der Waals surface area contributed by atoms with Gasteiger partial charge >= 0.3 is 0 Å². The molecule has 0 radical (unpaired) electrons. The molecule has 1 saturated heterocycles. The fraction of sp³-hybridized carbons (Fsp3) is 0.615. The second-order valence-electron chi connectivity index (χ2n) is 5.19. The van der Waals surface area contributed by atoms with Gasteiger partial charge in [-0.15, -0.1) is 0 Å². The molecular formula is C13H20BrN3. The van der Waals surface area contributed by atoms with Gasteiger partial charge in [-0.05, 0) is 40.4 Å². The predicted molar refractivity (Wildman–Crippen MR) is 73.7 cm³/mol. The summed E-state index contributed by atoms with van der Waals surface area (Å²) in [6.07, 6.45) is 2.92. The van der Waals surface area contributed by atoms with Crippen LogP contribution in [0.4, 0.5) is 0 Å². The van der Waals surface area contributed by atoms with Crippen molar-refractivity contribution in [2.24, 2.45) is 11.7 Å². The molecule has 3 nitrogen and oxygen atoms in total. The van der Waals surface area contributed by atoms with Gasteiger partial charge in [-0.2, -0.15) is 0 Å². The largest absolute Gasteiger partial charge is 0.326 e. The van der Waals surface area contributed by atoms with Crippen molar-refractivity contribution >= 4 is 15.9 Å². The van der Waals surface area contributed by atoms with Gasteiger partial charge in [0.15, 0.2) is 0 Å². The monoisotopic (exact) mass is 297 g/mol. The van der Waals surface area contributed by atoms with E-state index in [0.29, 0.717) is 5.92 Å². The van der Waals surface area contributed by atoms with E-state index in [4.69, 9.17) is 5.73 Å². The molecule has 0 saturated carbocycles. The van der Waals surface area contributed by atoms with Crippen LogP contribution in [0.25, 0.3) is 0 Å². The summed E-state index contributed by atoms with van der Waals surface area (Å²) in [5.41, 5.74) is 7.32. The molecule has 0 amide bonds. The highest BCUT2D eigenvalue weighted by molar-refractivity contribution is 9.10. The third-order valence-corrected chi connectivity index (χ3v) is 3.67. The van der Waals surface area contributed by atoms with Crippen LogP contribution < -0.4 is 5.73 Å². The zero-order chi connectivity index (χ0) is 12.4. The third kappa shape index (κ3) is 3.06. The van der Waals surface area contributed by atoms with Crippen LogP contribution in [0.5, 0.6) is 0 Å². The van der Waals surface area contributed by atoms with Crippen LogP contribution in [-0.4, -0.2) is 29.0 Å². The molecule has 94 valence electrons. The number of nitrogens with two attached hydrogens (primary N) is 1. The van der Waals surface area contributed by atoms with Gasteiger partial charge in [-0.3, -0.25) is 9.88 Å². The fourth-order valence-electron chi connectivity index (χ4n) is 2.53. The lowest BCUT2D eigenvalue weighted by molar-refractivity contribution is 0.217. The molecule has 2 rings (SSSR count). The van der Waals surface area contributed by atoms with Gasteiger partial charge in [0.1, 0.15) is 0 Å². The molecular weight excluding hydrogens is 278 g/mol. The van der Waals surface area contributed by atoms with Crippen molar-refractivity contribution in [3.63, 3.8) is 0 Å². The summed E-state index contributed by atoms with van der Waals surface area (Å²) >= 11 is 3.42. The van der Waals surface area contributed by atoms with Crippen LogP contribution in [0, 0.1) is 5.92 Å². The van der Waals surface area contributed by atoms with Gasteiger partial charge < -0.3 is 5.73 Å². The molecule has 4 heteroatoms. The van der Waals surface area contributed by atoms with Crippen molar-refractivity contribution in [1.82, 2.24) is 9.88 Å². The Balaban J connectivity index is 2.18. The maximum atomic E-state index is 6.22. The molecule has 2 heterocycles. The molecule has 1 aliphatic heterocycles. The van der Waals surface area contributed by atoms with Gasteiger partial charge in [-0.1, -0.05) is 13.8 Å². The Hall–Kier alpha value is -0.450. The zero-order valence-electron chi connectivity index (χ0n) is 10.4. The zero-order valence-corrected chi connectivity index (χ0v) is 12.0. The van der Waals surface area contributed by atoms with Crippen LogP contribution in [0.15, 0.2) is 22.8 Å². The van der Waals surface area contributed by atoms with Crippen molar-refractivity contribution in [3.05, 3.63) is 28.5 Å². The van der Waals surface area contributed by atoms with E-state index in [9.17, 15) is 0 Å². The molecule has 0 bridgehead atoms. The summed E-state index contributed by atoms with van der Waals surface area (Å²) in [4.78, 5) is 6.96. The summed E-state index contributed by atoms with van der Waals surface area (Å²) in [6, 6.07) is 4.61. The van der Waals surface area contributed by atoms with Crippen LogP contribution >= 0.6 is 15.9 Å². The Labute approximate surface area is 112 Å². The van der Waals surface area contributed by atoms with E-state index < -0.39 is 0 Å². The molecule has 1 aromatic rings. The lowest BCUT2D eigenvalue weighted by atomic mass is 10.1. The van der Waals surface area contributed by atoms with Crippen LogP contribution in [-0.2, 0) is 0 Å². The van der Waals surface area contributed by atoms with Crippen LogP contribution in [0.3, 0.4) is 0 Å². The third-order valence-electron chi connectivity index (χ3n) is 3.20. The highest BCUT2D eigenvalue weighted by Crippen LogP contribution is 2.30. The number of hydrogen-bond donors (Lipinski definition) is 1. The first-order chi connectivity index (χ1) is 8.08. The standard InChI is InChI=1S/C13H20BrN3/c1-9(2)8-17-6-5-11(15)13(17)12-4-3-10(14)7-16-12/h3-4,7,9,11,13H,5-6,8,15H2,1-2H3. The SMILES string of the molecule is CC(C)CN1CCC(N)C1c1ccc(Br)cn1. The van der Waals surface area contributed by atoms with E-state index in [1.54, 1.807) is 0 Å². The smallest absolute Gasteiger partial charge is 0.0674 e. The molecule has 1 aromatic heterocycles. The molecule has 0 aromatic carbocycles. The number of likely N-dealkylation sites (tertiary alicyclic amines) is 1. The summed E-state index contributed by atoms with van der Waals surface area (Å²) in [6.45, 7) is 6.67. The van der Waals surface area contributed by atoms with Crippen molar-refractivity contribution in [1.29, 1.82) is 0 Å². The van der Waals surface area contributed by atoms with E-state index in [-0.39, 0.29) is 12.1 Å². The minimum absolute atomic E-state index is 0.211.